The third kappa shape index (κ3) is 2.85. The highest BCUT2D eigenvalue weighted by Gasteiger charge is 2.16. The predicted octanol–water partition coefficient (Wildman–Crippen LogP) is 0.745. The van der Waals surface area contributed by atoms with Crippen LogP contribution in [0.3, 0.4) is 0 Å². The second-order valence-electron chi connectivity index (χ2n) is 4.21. The average molecular weight is 277 g/mol. The zero-order chi connectivity index (χ0) is 14.7. The standard InChI is InChI=1S/C12H15N5O3/c1-3-16-6-9(8(2)15-16)14-12(20)10-4-5-13-17(10)7-11(18)19/h4-6H,3,7H2,1-2H3,(H,14,20)(H,18,19). The summed E-state index contributed by atoms with van der Waals surface area (Å²) in [5.41, 5.74) is 1.49. The fraction of sp³-hybridized carbons (Fsp3) is 0.333. The van der Waals surface area contributed by atoms with E-state index in [1.54, 1.807) is 17.8 Å². The summed E-state index contributed by atoms with van der Waals surface area (Å²) in [5, 5.41) is 19.5. The smallest absolute Gasteiger partial charge is 0.325 e. The summed E-state index contributed by atoms with van der Waals surface area (Å²) in [4.78, 5) is 22.8. The summed E-state index contributed by atoms with van der Waals surface area (Å²) in [6.45, 7) is 4.08. The van der Waals surface area contributed by atoms with Gasteiger partial charge in [-0.1, -0.05) is 0 Å². The molecule has 2 heterocycles. The second kappa shape index (κ2) is 5.55. The van der Waals surface area contributed by atoms with Crippen molar-refractivity contribution >= 4 is 17.6 Å². The number of carbonyl (C=O) groups excluding carboxylic acids is 1. The maximum absolute atomic E-state index is 12.1. The van der Waals surface area contributed by atoms with E-state index in [1.807, 2.05) is 6.92 Å². The molecule has 0 aliphatic heterocycles. The van der Waals surface area contributed by atoms with E-state index in [0.29, 0.717) is 17.9 Å². The molecule has 0 radical (unpaired) electrons. The zero-order valence-electron chi connectivity index (χ0n) is 11.2. The Bertz CT molecular complexity index is 643. The molecule has 0 saturated heterocycles. The Labute approximate surface area is 115 Å². The van der Waals surface area contributed by atoms with Crippen LogP contribution in [0.4, 0.5) is 5.69 Å². The maximum Gasteiger partial charge on any atom is 0.325 e. The molecule has 0 bridgehead atoms. The quantitative estimate of drug-likeness (QED) is 0.839. The van der Waals surface area contributed by atoms with Crippen molar-refractivity contribution in [2.45, 2.75) is 26.9 Å². The molecule has 0 fully saturated rings. The molecule has 8 nitrogen and oxygen atoms in total. The first kappa shape index (κ1) is 13.8. The molecule has 2 rings (SSSR count). The van der Waals surface area contributed by atoms with Crippen LogP contribution < -0.4 is 5.32 Å². The van der Waals surface area contributed by atoms with Gasteiger partial charge < -0.3 is 10.4 Å². The van der Waals surface area contributed by atoms with E-state index < -0.39 is 11.9 Å². The van der Waals surface area contributed by atoms with Gasteiger partial charge in [0.05, 0.1) is 11.4 Å². The summed E-state index contributed by atoms with van der Waals surface area (Å²) < 4.78 is 2.84. The van der Waals surface area contributed by atoms with Crippen molar-refractivity contribution < 1.29 is 14.7 Å². The van der Waals surface area contributed by atoms with E-state index in [2.05, 4.69) is 15.5 Å². The molecule has 0 aliphatic carbocycles. The van der Waals surface area contributed by atoms with E-state index in [1.165, 1.54) is 12.3 Å². The number of aliphatic carboxylic acids is 1. The Kier molecular flexibility index (Phi) is 3.83. The van der Waals surface area contributed by atoms with Crippen LogP contribution in [0.2, 0.25) is 0 Å². The van der Waals surface area contributed by atoms with Gasteiger partial charge in [-0.05, 0) is 19.9 Å². The number of hydrogen-bond donors (Lipinski definition) is 2. The molecule has 1 amide bonds. The van der Waals surface area contributed by atoms with Gasteiger partial charge in [-0.15, -0.1) is 0 Å². The Balaban J connectivity index is 2.17. The lowest BCUT2D eigenvalue weighted by atomic mass is 10.3. The van der Waals surface area contributed by atoms with Crippen LogP contribution in [0, 0.1) is 6.92 Å². The fourth-order valence-corrected chi connectivity index (χ4v) is 1.77. The number of nitrogens with zero attached hydrogens (tertiary/aromatic N) is 4. The topological polar surface area (TPSA) is 102 Å². The van der Waals surface area contributed by atoms with Crippen LogP contribution in [-0.4, -0.2) is 36.5 Å². The van der Waals surface area contributed by atoms with Gasteiger partial charge >= 0.3 is 5.97 Å². The van der Waals surface area contributed by atoms with Gasteiger partial charge in [0.2, 0.25) is 0 Å². The molecule has 20 heavy (non-hydrogen) atoms. The maximum atomic E-state index is 12.1. The van der Waals surface area contributed by atoms with Crippen molar-refractivity contribution in [3.05, 3.63) is 29.8 Å². The molecule has 0 aliphatic rings. The van der Waals surface area contributed by atoms with E-state index in [-0.39, 0.29) is 12.2 Å². The molecule has 0 aromatic carbocycles. The fourth-order valence-electron chi connectivity index (χ4n) is 1.77. The molecule has 0 saturated carbocycles. The van der Waals surface area contributed by atoms with Crippen molar-refractivity contribution in [3.8, 4) is 0 Å². The Morgan fingerprint density at radius 2 is 2.20 bits per heavy atom. The van der Waals surface area contributed by atoms with Gasteiger partial charge in [-0.25, -0.2) is 4.68 Å². The molecule has 0 spiro atoms. The number of hydrogen-bond acceptors (Lipinski definition) is 4. The summed E-state index contributed by atoms with van der Waals surface area (Å²) in [7, 11) is 0. The van der Waals surface area contributed by atoms with Crippen molar-refractivity contribution in [1.82, 2.24) is 19.6 Å². The number of aromatic nitrogens is 4. The molecule has 8 heteroatoms. The van der Waals surface area contributed by atoms with Gasteiger partial charge in [0.25, 0.3) is 5.91 Å². The minimum Gasteiger partial charge on any atom is -0.480 e. The van der Waals surface area contributed by atoms with Crippen LogP contribution in [0.1, 0.15) is 23.1 Å². The molecule has 2 aromatic rings. The number of anilines is 1. The number of aryl methyl sites for hydroxylation is 2. The third-order valence-electron chi connectivity index (χ3n) is 2.75. The molecular weight excluding hydrogens is 262 g/mol. The molecule has 106 valence electrons. The van der Waals surface area contributed by atoms with E-state index in [9.17, 15) is 9.59 Å². The van der Waals surface area contributed by atoms with E-state index in [4.69, 9.17) is 5.11 Å². The first-order valence-corrected chi connectivity index (χ1v) is 6.10. The first-order chi connectivity index (χ1) is 9.51. The predicted molar refractivity (Wildman–Crippen MR) is 70.5 cm³/mol. The van der Waals surface area contributed by atoms with Crippen molar-refractivity contribution in [3.63, 3.8) is 0 Å². The molecule has 2 aromatic heterocycles. The number of carboxylic acid groups (broad SMARTS) is 1. The van der Waals surface area contributed by atoms with Gasteiger partial charge in [0, 0.05) is 18.9 Å². The Hall–Kier alpha value is -2.64. The van der Waals surface area contributed by atoms with Crippen molar-refractivity contribution in [1.29, 1.82) is 0 Å². The van der Waals surface area contributed by atoms with E-state index >= 15 is 0 Å². The molecule has 0 atom stereocenters. The van der Waals surface area contributed by atoms with E-state index in [0.717, 1.165) is 4.68 Å². The highest BCUT2D eigenvalue weighted by molar-refractivity contribution is 6.03. The summed E-state index contributed by atoms with van der Waals surface area (Å²) in [6.07, 6.45) is 3.12. The second-order valence-corrected chi connectivity index (χ2v) is 4.21. The van der Waals surface area contributed by atoms with Gasteiger partial charge in [0.15, 0.2) is 0 Å². The lowest BCUT2D eigenvalue weighted by Gasteiger charge is -2.05. The Morgan fingerprint density at radius 3 is 2.80 bits per heavy atom. The number of nitrogens with one attached hydrogen (secondary N) is 1. The van der Waals surface area contributed by atoms with Crippen molar-refractivity contribution in [2.24, 2.45) is 0 Å². The molecule has 0 unspecified atom stereocenters. The minimum atomic E-state index is -1.06. The molecular formula is C12H15N5O3. The third-order valence-corrected chi connectivity index (χ3v) is 2.75. The monoisotopic (exact) mass is 277 g/mol. The summed E-state index contributed by atoms with van der Waals surface area (Å²) >= 11 is 0. The van der Waals surface area contributed by atoms with Crippen molar-refractivity contribution in [2.75, 3.05) is 5.32 Å². The van der Waals surface area contributed by atoms with Crippen LogP contribution in [-0.2, 0) is 17.9 Å². The minimum absolute atomic E-state index is 0.191. The highest BCUT2D eigenvalue weighted by Crippen LogP contribution is 2.14. The SMILES string of the molecule is CCn1cc(NC(=O)c2ccnn2CC(=O)O)c(C)n1. The van der Waals surface area contributed by atoms with Crippen LogP contribution >= 0.6 is 0 Å². The Morgan fingerprint density at radius 1 is 1.45 bits per heavy atom. The summed E-state index contributed by atoms with van der Waals surface area (Å²) in [5.74, 6) is -1.47. The summed E-state index contributed by atoms with van der Waals surface area (Å²) in [6, 6.07) is 1.47. The zero-order valence-corrected chi connectivity index (χ0v) is 11.2. The normalized spacial score (nSPS) is 10.5. The number of amides is 1. The van der Waals surface area contributed by atoms with Gasteiger partial charge in [-0.3, -0.25) is 14.3 Å². The molecule has 2 N–H and O–H groups in total. The average Bonchev–Trinajstić information content (AvgIpc) is 2.96. The largest absolute Gasteiger partial charge is 0.480 e. The first-order valence-electron chi connectivity index (χ1n) is 6.10. The van der Waals surface area contributed by atoms with Crippen LogP contribution in [0.15, 0.2) is 18.5 Å². The lowest BCUT2D eigenvalue weighted by molar-refractivity contribution is -0.137. The van der Waals surface area contributed by atoms with Crippen LogP contribution in [0.25, 0.3) is 0 Å². The van der Waals surface area contributed by atoms with Gasteiger partial charge in [-0.2, -0.15) is 10.2 Å². The number of rotatable bonds is 5. The lowest BCUT2D eigenvalue weighted by Crippen LogP contribution is -2.20. The highest BCUT2D eigenvalue weighted by atomic mass is 16.4. The van der Waals surface area contributed by atoms with Crippen LogP contribution in [0.5, 0.6) is 0 Å². The number of carbonyl (C=O) groups is 2. The van der Waals surface area contributed by atoms with Gasteiger partial charge in [0.1, 0.15) is 12.2 Å². The number of carboxylic acids is 1.